The number of benzene rings is 2. The number of aryl methyl sites for hydroxylation is 1. The van der Waals surface area contributed by atoms with Crippen LogP contribution in [-0.2, 0) is 4.79 Å². The standard InChI is InChI=1S/C17H15N3O2/c1-13-6-2-3-8-15(13)11-19-20-17(21)12-22-16-9-5-4-7-14(16)10-18/h2-9,11H,12H2,1H3,(H,20,21)/b19-11-. The molecule has 22 heavy (non-hydrogen) atoms. The van der Waals surface area contributed by atoms with Gasteiger partial charge in [-0.1, -0.05) is 36.4 Å². The van der Waals surface area contributed by atoms with Crippen molar-refractivity contribution in [2.24, 2.45) is 5.10 Å². The summed E-state index contributed by atoms with van der Waals surface area (Å²) in [6.07, 6.45) is 1.58. The highest BCUT2D eigenvalue weighted by molar-refractivity contribution is 5.84. The Bertz CT molecular complexity index is 733. The van der Waals surface area contributed by atoms with Crippen LogP contribution in [-0.4, -0.2) is 18.7 Å². The van der Waals surface area contributed by atoms with Crippen molar-refractivity contribution in [1.29, 1.82) is 5.26 Å². The van der Waals surface area contributed by atoms with Gasteiger partial charge < -0.3 is 4.74 Å². The largest absolute Gasteiger partial charge is 0.482 e. The molecule has 0 radical (unpaired) electrons. The summed E-state index contributed by atoms with van der Waals surface area (Å²) in [6.45, 7) is 1.76. The van der Waals surface area contributed by atoms with Crippen molar-refractivity contribution < 1.29 is 9.53 Å². The fraction of sp³-hybridized carbons (Fsp3) is 0.118. The number of carbonyl (C=O) groups is 1. The number of ether oxygens (including phenoxy) is 1. The number of amides is 1. The predicted octanol–water partition coefficient (Wildman–Crippen LogP) is 2.40. The van der Waals surface area contributed by atoms with Crippen molar-refractivity contribution in [3.63, 3.8) is 0 Å². The molecule has 1 N–H and O–H groups in total. The molecule has 0 aromatic heterocycles. The normalized spacial score (nSPS) is 10.2. The van der Waals surface area contributed by atoms with Gasteiger partial charge in [-0.15, -0.1) is 0 Å². The molecule has 0 atom stereocenters. The fourth-order valence-corrected chi connectivity index (χ4v) is 1.77. The van der Waals surface area contributed by atoms with Crippen LogP contribution in [0.4, 0.5) is 0 Å². The summed E-state index contributed by atoms with van der Waals surface area (Å²) in [6, 6.07) is 16.5. The highest BCUT2D eigenvalue weighted by Crippen LogP contribution is 2.16. The number of rotatable bonds is 5. The van der Waals surface area contributed by atoms with Crippen molar-refractivity contribution in [3.05, 3.63) is 65.2 Å². The zero-order valence-electron chi connectivity index (χ0n) is 12.1. The first-order valence-corrected chi connectivity index (χ1v) is 6.70. The molecular formula is C17H15N3O2. The summed E-state index contributed by atoms with van der Waals surface area (Å²) in [7, 11) is 0. The smallest absolute Gasteiger partial charge is 0.277 e. The number of hydrazone groups is 1. The molecule has 0 saturated carbocycles. The minimum Gasteiger partial charge on any atom is -0.482 e. The lowest BCUT2D eigenvalue weighted by Gasteiger charge is -2.06. The lowest BCUT2D eigenvalue weighted by Crippen LogP contribution is -2.24. The summed E-state index contributed by atoms with van der Waals surface area (Å²) >= 11 is 0. The molecule has 1 amide bonds. The van der Waals surface area contributed by atoms with Crippen molar-refractivity contribution >= 4 is 12.1 Å². The van der Waals surface area contributed by atoms with E-state index in [1.807, 2.05) is 37.3 Å². The maximum atomic E-state index is 11.7. The van der Waals surface area contributed by atoms with E-state index >= 15 is 0 Å². The first kappa shape index (κ1) is 15.3. The summed E-state index contributed by atoms with van der Waals surface area (Å²) in [5.41, 5.74) is 4.77. The van der Waals surface area contributed by atoms with Gasteiger partial charge in [0.15, 0.2) is 6.61 Å². The monoisotopic (exact) mass is 293 g/mol. The van der Waals surface area contributed by atoms with Gasteiger partial charge in [-0.2, -0.15) is 10.4 Å². The van der Waals surface area contributed by atoms with Crippen LogP contribution in [0.1, 0.15) is 16.7 Å². The van der Waals surface area contributed by atoms with Crippen molar-refractivity contribution in [2.75, 3.05) is 6.61 Å². The summed E-state index contributed by atoms with van der Waals surface area (Å²) < 4.78 is 5.31. The quantitative estimate of drug-likeness (QED) is 0.679. The molecule has 0 unspecified atom stereocenters. The number of nitrogens with one attached hydrogen (secondary N) is 1. The third-order valence-electron chi connectivity index (χ3n) is 2.95. The molecule has 5 nitrogen and oxygen atoms in total. The van der Waals surface area contributed by atoms with Crippen LogP contribution >= 0.6 is 0 Å². The van der Waals surface area contributed by atoms with Gasteiger partial charge in [0.25, 0.3) is 5.91 Å². The van der Waals surface area contributed by atoms with E-state index in [-0.39, 0.29) is 6.61 Å². The van der Waals surface area contributed by atoms with Gasteiger partial charge in [0.2, 0.25) is 0 Å². The lowest BCUT2D eigenvalue weighted by molar-refractivity contribution is -0.123. The lowest BCUT2D eigenvalue weighted by atomic mass is 10.1. The number of para-hydroxylation sites is 1. The van der Waals surface area contributed by atoms with Crippen LogP contribution < -0.4 is 10.2 Å². The summed E-state index contributed by atoms with van der Waals surface area (Å²) in [5.74, 6) is -0.0133. The van der Waals surface area contributed by atoms with Gasteiger partial charge in [-0.3, -0.25) is 4.79 Å². The molecule has 0 aliphatic heterocycles. The number of hydrogen-bond donors (Lipinski definition) is 1. The first-order chi connectivity index (χ1) is 10.7. The van der Waals surface area contributed by atoms with E-state index in [1.54, 1.807) is 30.5 Å². The van der Waals surface area contributed by atoms with Crippen LogP contribution in [0.2, 0.25) is 0 Å². The van der Waals surface area contributed by atoms with Gasteiger partial charge in [0.05, 0.1) is 11.8 Å². The molecule has 0 spiro atoms. The SMILES string of the molecule is Cc1ccccc1/C=N\NC(=O)COc1ccccc1C#N. The average molecular weight is 293 g/mol. The zero-order valence-corrected chi connectivity index (χ0v) is 12.1. The van der Waals surface area contributed by atoms with E-state index in [4.69, 9.17) is 10.00 Å². The second kappa shape index (κ2) is 7.60. The Morgan fingerprint density at radius 3 is 2.77 bits per heavy atom. The van der Waals surface area contributed by atoms with Gasteiger partial charge in [0.1, 0.15) is 11.8 Å². The predicted molar refractivity (Wildman–Crippen MR) is 83.6 cm³/mol. The van der Waals surface area contributed by atoms with Crippen LogP contribution in [0.25, 0.3) is 0 Å². The number of carbonyl (C=O) groups excluding carboxylic acids is 1. The Morgan fingerprint density at radius 1 is 1.27 bits per heavy atom. The van der Waals surface area contributed by atoms with E-state index in [9.17, 15) is 4.79 Å². The fourth-order valence-electron chi connectivity index (χ4n) is 1.77. The van der Waals surface area contributed by atoms with Crippen molar-refractivity contribution in [1.82, 2.24) is 5.43 Å². The minimum atomic E-state index is -0.391. The van der Waals surface area contributed by atoms with Gasteiger partial charge in [-0.05, 0) is 30.2 Å². The third-order valence-corrected chi connectivity index (χ3v) is 2.95. The Labute approximate surface area is 128 Å². The van der Waals surface area contributed by atoms with E-state index in [2.05, 4.69) is 10.5 Å². The van der Waals surface area contributed by atoms with Crippen molar-refractivity contribution in [3.8, 4) is 11.8 Å². The molecule has 0 bridgehead atoms. The van der Waals surface area contributed by atoms with Crippen molar-refractivity contribution in [2.45, 2.75) is 6.92 Å². The number of nitrogens with zero attached hydrogens (tertiary/aromatic N) is 2. The number of hydrogen-bond acceptors (Lipinski definition) is 4. The van der Waals surface area contributed by atoms with Crippen LogP contribution in [0, 0.1) is 18.3 Å². The highest BCUT2D eigenvalue weighted by atomic mass is 16.5. The van der Waals surface area contributed by atoms with E-state index in [0.717, 1.165) is 11.1 Å². The third kappa shape index (κ3) is 4.18. The van der Waals surface area contributed by atoms with E-state index < -0.39 is 5.91 Å². The Hall–Kier alpha value is -3.13. The molecule has 0 heterocycles. The van der Waals surface area contributed by atoms with Crippen LogP contribution in [0.15, 0.2) is 53.6 Å². The van der Waals surface area contributed by atoms with E-state index in [1.165, 1.54) is 0 Å². The molecule has 5 heteroatoms. The molecule has 2 rings (SSSR count). The second-order valence-electron chi connectivity index (χ2n) is 4.55. The molecule has 110 valence electrons. The maximum absolute atomic E-state index is 11.7. The van der Waals surface area contributed by atoms with Gasteiger partial charge >= 0.3 is 0 Å². The number of nitriles is 1. The Kier molecular flexibility index (Phi) is 5.27. The molecule has 0 aliphatic rings. The van der Waals surface area contributed by atoms with Gasteiger partial charge in [0, 0.05) is 0 Å². The summed E-state index contributed by atoms with van der Waals surface area (Å²) in [5, 5.41) is 12.8. The molecular weight excluding hydrogens is 278 g/mol. The average Bonchev–Trinajstić information content (AvgIpc) is 2.55. The first-order valence-electron chi connectivity index (χ1n) is 6.70. The topological polar surface area (TPSA) is 74.5 Å². The Balaban J connectivity index is 1.86. The Morgan fingerprint density at radius 2 is 2.00 bits per heavy atom. The maximum Gasteiger partial charge on any atom is 0.277 e. The van der Waals surface area contributed by atoms with Crippen LogP contribution in [0.3, 0.4) is 0 Å². The van der Waals surface area contributed by atoms with Crippen LogP contribution in [0.5, 0.6) is 5.75 Å². The molecule has 0 fully saturated rings. The molecule has 2 aromatic carbocycles. The van der Waals surface area contributed by atoms with Gasteiger partial charge in [-0.25, -0.2) is 5.43 Å². The summed E-state index contributed by atoms with van der Waals surface area (Å²) in [4.78, 5) is 11.7. The van der Waals surface area contributed by atoms with E-state index in [0.29, 0.717) is 11.3 Å². The zero-order chi connectivity index (χ0) is 15.8. The second-order valence-corrected chi connectivity index (χ2v) is 4.55. The molecule has 2 aromatic rings. The minimum absolute atomic E-state index is 0.205. The molecule has 0 aliphatic carbocycles. The molecule has 0 saturated heterocycles. The highest BCUT2D eigenvalue weighted by Gasteiger charge is 2.05.